The summed E-state index contributed by atoms with van der Waals surface area (Å²) in [6, 6.07) is 18.7. The van der Waals surface area contributed by atoms with E-state index in [1.165, 1.54) is 10.4 Å². The number of piperazine rings is 1. The molecule has 2 aromatic carbocycles. The average molecular weight is 379 g/mol. The Kier molecular flexibility index (Phi) is 4.20. The molecule has 27 heavy (non-hydrogen) atoms. The van der Waals surface area contributed by atoms with Gasteiger partial charge in [0.25, 0.3) is 0 Å². The van der Waals surface area contributed by atoms with Gasteiger partial charge in [-0.05, 0) is 24.3 Å². The number of hydrogen-bond acceptors (Lipinski definition) is 5. The van der Waals surface area contributed by atoms with Crippen LogP contribution in [0, 0.1) is 5.92 Å². The number of para-hydroxylation sites is 2. The Balaban J connectivity index is 1.16. The van der Waals surface area contributed by atoms with Crippen molar-refractivity contribution in [2.75, 3.05) is 49.1 Å². The fourth-order valence-corrected chi connectivity index (χ4v) is 4.85. The number of carbonyl (C=O) groups is 1. The van der Waals surface area contributed by atoms with Gasteiger partial charge in [-0.3, -0.25) is 4.79 Å². The molecule has 5 nitrogen and oxygen atoms in total. The van der Waals surface area contributed by atoms with E-state index in [4.69, 9.17) is 4.98 Å². The van der Waals surface area contributed by atoms with E-state index < -0.39 is 0 Å². The van der Waals surface area contributed by atoms with Gasteiger partial charge in [0.1, 0.15) is 0 Å². The van der Waals surface area contributed by atoms with Crippen molar-refractivity contribution < 1.29 is 4.79 Å². The zero-order chi connectivity index (χ0) is 18.2. The maximum absolute atomic E-state index is 12.8. The number of carbonyl (C=O) groups excluding carboxylic acids is 1. The van der Waals surface area contributed by atoms with Gasteiger partial charge in [0.05, 0.1) is 16.1 Å². The highest BCUT2D eigenvalue weighted by molar-refractivity contribution is 7.22. The zero-order valence-electron chi connectivity index (χ0n) is 15.1. The molecule has 3 heterocycles. The van der Waals surface area contributed by atoms with Crippen LogP contribution in [0.4, 0.5) is 10.8 Å². The highest BCUT2D eigenvalue weighted by atomic mass is 32.1. The maximum atomic E-state index is 12.8. The van der Waals surface area contributed by atoms with Crippen molar-refractivity contribution in [2.24, 2.45) is 5.92 Å². The van der Waals surface area contributed by atoms with Crippen LogP contribution in [-0.4, -0.2) is 55.1 Å². The summed E-state index contributed by atoms with van der Waals surface area (Å²) in [5.41, 5.74) is 2.29. The number of anilines is 2. The van der Waals surface area contributed by atoms with Crippen molar-refractivity contribution in [3.8, 4) is 0 Å². The molecule has 0 atom stereocenters. The van der Waals surface area contributed by atoms with Crippen LogP contribution >= 0.6 is 11.3 Å². The molecule has 0 bridgehead atoms. The van der Waals surface area contributed by atoms with Gasteiger partial charge in [-0.2, -0.15) is 0 Å². The van der Waals surface area contributed by atoms with Crippen LogP contribution in [0.15, 0.2) is 54.6 Å². The molecule has 5 rings (SSSR count). The summed E-state index contributed by atoms with van der Waals surface area (Å²) in [6.07, 6.45) is 0. The van der Waals surface area contributed by atoms with Gasteiger partial charge in [0, 0.05) is 45.0 Å². The average Bonchev–Trinajstić information content (AvgIpc) is 3.11. The molecule has 2 aliphatic heterocycles. The monoisotopic (exact) mass is 378 g/mol. The lowest BCUT2D eigenvalue weighted by Crippen LogP contribution is -2.58. The van der Waals surface area contributed by atoms with Gasteiger partial charge in [0.15, 0.2) is 5.13 Å². The molecule has 6 heteroatoms. The predicted molar refractivity (Wildman–Crippen MR) is 111 cm³/mol. The maximum Gasteiger partial charge on any atom is 0.229 e. The minimum absolute atomic E-state index is 0.111. The Labute approximate surface area is 162 Å². The molecule has 1 amide bonds. The lowest BCUT2D eigenvalue weighted by atomic mass is 9.99. The van der Waals surface area contributed by atoms with Crippen LogP contribution < -0.4 is 9.80 Å². The highest BCUT2D eigenvalue weighted by Gasteiger charge is 2.37. The van der Waals surface area contributed by atoms with E-state index in [1.54, 1.807) is 11.3 Å². The smallest absolute Gasteiger partial charge is 0.229 e. The third-order valence-corrected chi connectivity index (χ3v) is 6.59. The fourth-order valence-electron chi connectivity index (χ4n) is 3.87. The Bertz CT molecular complexity index is 910. The number of aromatic nitrogens is 1. The van der Waals surface area contributed by atoms with Crippen LogP contribution in [0.3, 0.4) is 0 Å². The van der Waals surface area contributed by atoms with E-state index in [-0.39, 0.29) is 5.92 Å². The first-order valence-electron chi connectivity index (χ1n) is 9.47. The summed E-state index contributed by atoms with van der Waals surface area (Å²) in [6.45, 7) is 5.01. The quantitative estimate of drug-likeness (QED) is 0.702. The van der Waals surface area contributed by atoms with Crippen LogP contribution in [0.25, 0.3) is 10.2 Å². The number of nitrogens with zero attached hydrogens (tertiary/aromatic N) is 4. The summed E-state index contributed by atoms with van der Waals surface area (Å²) in [4.78, 5) is 24.2. The normalized spacial score (nSPS) is 18.0. The zero-order valence-corrected chi connectivity index (χ0v) is 15.9. The molecule has 138 valence electrons. The summed E-state index contributed by atoms with van der Waals surface area (Å²) in [5, 5.41) is 1.04. The van der Waals surface area contributed by atoms with Crippen LogP contribution in [0.1, 0.15) is 0 Å². The second kappa shape index (κ2) is 6.85. The standard InChI is InChI=1S/C21H22N4OS/c26-20(24-12-10-23(11-13-24)17-6-2-1-3-7-17)16-14-25(15-16)21-22-18-8-4-5-9-19(18)27-21/h1-9,16H,10-15H2. The molecule has 1 aromatic heterocycles. The van der Waals surface area contributed by atoms with Gasteiger partial charge in [0.2, 0.25) is 5.91 Å². The van der Waals surface area contributed by atoms with Gasteiger partial charge in [-0.15, -0.1) is 0 Å². The van der Waals surface area contributed by atoms with E-state index in [1.807, 2.05) is 29.2 Å². The molecule has 3 aromatic rings. The Hall–Kier alpha value is -2.60. The first kappa shape index (κ1) is 16.6. The molecule has 2 aliphatic rings. The number of benzene rings is 2. The fraction of sp³-hybridized carbons (Fsp3) is 0.333. The second-order valence-corrected chi connectivity index (χ2v) is 8.22. The molecule has 2 saturated heterocycles. The third kappa shape index (κ3) is 3.14. The van der Waals surface area contributed by atoms with Gasteiger partial charge < -0.3 is 14.7 Å². The number of rotatable bonds is 3. The molecular weight excluding hydrogens is 356 g/mol. The van der Waals surface area contributed by atoms with Crippen LogP contribution in [0.2, 0.25) is 0 Å². The minimum Gasteiger partial charge on any atom is -0.368 e. The van der Waals surface area contributed by atoms with E-state index in [2.05, 4.69) is 40.1 Å². The van der Waals surface area contributed by atoms with Crippen molar-refractivity contribution >= 4 is 38.3 Å². The lowest BCUT2D eigenvalue weighted by molar-refractivity contribution is -0.136. The summed E-state index contributed by atoms with van der Waals surface area (Å²) < 4.78 is 1.21. The third-order valence-electron chi connectivity index (χ3n) is 5.50. The van der Waals surface area contributed by atoms with Crippen molar-refractivity contribution in [2.45, 2.75) is 0 Å². The highest BCUT2D eigenvalue weighted by Crippen LogP contribution is 2.33. The summed E-state index contributed by atoms with van der Waals surface area (Å²) >= 11 is 1.71. The number of hydrogen-bond donors (Lipinski definition) is 0. The first-order chi connectivity index (χ1) is 13.3. The second-order valence-electron chi connectivity index (χ2n) is 7.21. The van der Waals surface area contributed by atoms with E-state index in [9.17, 15) is 4.79 Å². The van der Waals surface area contributed by atoms with E-state index in [0.717, 1.165) is 49.9 Å². The SMILES string of the molecule is O=C(C1CN(c2nc3ccccc3s2)C1)N1CCN(c2ccccc2)CC1. The molecule has 0 saturated carbocycles. The van der Waals surface area contributed by atoms with Crippen molar-refractivity contribution in [3.63, 3.8) is 0 Å². The largest absolute Gasteiger partial charge is 0.368 e. The van der Waals surface area contributed by atoms with Crippen molar-refractivity contribution in [1.82, 2.24) is 9.88 Å². The Morgan fingerprint density at radius 2 is 1.59 bits per heavy atom. The summed E-state index contributed by atoms with van der Waals surface area (Å²) in [5.74, 6) is 0.417. The van der Waals surface area contributed by atoms with E-state index in [0.29, 0.717) is 5.91 Å². The first-order valence-corrected chi connectivity index (χ1v) is 10.3. The van der Waals surface area contributed by atoms with Crippen molar-refractivity contribution in [3.05, 3.63) is 54.6 Å². The van der Waals surface area contributed by atoms with Gasteiger partial charge >= 0.3 is 0 Å². The van der Waals surface area contributed by atoms with Crippen LogP contribution in [0.5, 0.6) is 0 Å². The molecule has 0 radical (unpaired) electrons. The topological polar surface area (TPSA) is 39.7 Å². The molecule has 2 fully saturated rings. The van der Waals surface area contributed by atoms with Crippen molar-refractivity contribution in [1.29, 1.82) is 0 Å². The Morgan fingerprint density at radius 3 is 2.33 bits per heavy atom. The number of amides is 1. The van der Waals surface area contributed by atoms with Gasteiger partial charge in [-0.25, -0.2) is 4.98 Å². The van der Waals surface area contributed by atoms with Crippen LogP contribution in [-0.2, 0) is 4.79 Å². The van der Waals surface area contributed by atoms with E-state index >= 15 is 0 Å². The molecule has 0 spiro atoms. The molecular formula is C21H22N4OS. The summed E-state index contributed by atoms with van der Waals surface area (Å²) in [7, 11) is 0. The predicted octanol–water partition coefficient (Wildman–Crippen LogP) is 3.08. The Morgan fingerprint density at radius 1 is 0.889 bits per heavy atom. The van der Waals surface area contributed by atoms with Gasteiger partial charge in [-0.1, -0.05) is 41.7 Å². The molecule has 0 aliphatic carbocycles. The molecule has 0 N–H and O–H groups in total. The lowest BCUT2D eigenvalue weighted by Gasteiger charge is -2.43. The minimum atomic E-state index is 0.111. The number of fused-ring (bicyclic) bond motifs is 1. The number of thiazole rings is 1. The molecule has 0 unspecified atom stereocenters.